The van der Waals surface area contributed by atoms with E-state index in [4.69, 9.17) is 37.2 Å². The van der Waals surface area contributed by atoms with Crippen molar-refractivity contribution in [2.75, 3.05) is 28.4 Å². The summed E-state index contributed by atoms with van der Waals surface area (Å²) in [5, 5.41) is 1.76. The molecule has 0 radical (unpaired) electrons. The predicted octanol–water partition coefficient (Wildman–Crippen LogP) is 4.46. The molecule has 282 valence electrons. The average Bonchev–Trinajstić information content (AvgIpc) is 3.80. The van der Waals surface area contributed by atoms with Crippen molar-refractivity contribution in [1.29, 1.82) is 0 Å². The van der Waals surface area contributed by atoms with Gasteiger partial charge in [-0.25, -0.2) is 0 Å². The summed E-state index contributed by atoms with van der Waals surface area (Å²) in [6.07, 6.45) is 10.6. The Bertz CT molecular complexity index is 2320. The van der Waals surface area contributed by atoms with Crippen LogP contribution in [0.2, 0.25) is 0 Å². The number of hydrogen-bond acceptors (Lipinski definition) is 10. The van der Waals surface area contributed by atoms with E-state index in [-0.39, 0.29) is 49.6 Å². The Labute approximate surface area is 326 Å². The molecule has 12 nitrogen and oxygen atoms in total. The number of halogens is 1. The van der Waals surface area contributed by atoms with Gasteiger partial charge in [0.05, 0.1) is 0 Å². The van der Waals surface area contributed by atoms with Crippen molar-refractivity contribution >= 4 is 90.0 Å². The Kier molecular flexibility index (Phi) is 11.8. The van der Waals surface area contributed by atoms with Crippen LogP contribution in [0.5, 0.6) is 0 Å². The van der Waals surface area contributed by atoms with Crippen LogP contribution in [-0.4, -0.2) is 90.6 Å². The van der Waals surface area contributed by atoms with Crippen molar-refractivity contribution in [1.82, 2.24) is 4.75 Å². The molecule has 0 atom stereocenters. The van der Waals surface area contributed by atoms with E-state index in [1.54, 1.807) is 0 Å². The Morgan fingerprint density at radius 3 is 1.48 bits per heavy atom. The number of allylic oxidation sites excluding steroid dienone is 4. The van der Waals surface area contributed by atoms with Crippen LogP contribution < -0.4 is 10.7 Å². The molecule has 6 bridgehead atoms. The maximum atomic E-state index is 12.6. The quantitative estimate of drug-likeness (QED) is 0.173. The molecule has 4 aliphatic heterocycles. The molecule has 0 fully saturated rings. The molecular weight excluding hydrogens is 904 g/mol. The summed E-state index contributed by atoms with van der Waals surface area (Å²) in [5.74, 6) is -1.29. The molecule has 0 saturated carbocycles. The molecule has 2 aromatic heterocycles. The standard InChI is InChI=1S/C40H44N4O8.ClH.Tl/c1-21-25(9-13-37(45)49-5)33-18-31-23(3)26(10-14-38(46)50-6)34(43-31)19-32-24(4)28(12-16-40(48)52-8)36(44-32)20-35-27(11-15-39(47)51-7)22(2)30(42-35)17-29(21)41-33;;/h17-20H,9-16H2,1-8H3;1H;/q-2;;+3/p-1. The Morgan fingerprint density at radius 1 is 0.574 bits per heavy atom. The minimum atomic E-state index is -4.00. The number of carbonyl (C=O) groups excluding carboxylic acids is 4. The van der Waals surface area contributed by atoms with Crippen molar-refractivity contribution < 1.29 is 38.1 Å². The molecular formula is C40H44ClN4O8Tl. The summed E-state index contributed by atoms with van der Waals surface area (Å²) in [4.78, 5) is 60.3. The number of fused-ring (bicyclic) bond motifs is 2. The number of esters is 4. The van der Waals surface area contributed by atoms with E-state index in [0.29, 0.717) is 25.7 Å². The molecule has 0 aliphatic carbocycles. The van der Waals surface area contributed by atoms with E-state index in [1.807, 2.05) is 33.8 Å². The molecule has 0 spiro atoms. The molecule has 0 unspecified atom stereocenters. The van der Waals surface area contributed by atoms with Crippen LogP contribution >= 0.6 is 8.32 Å². The zero-order valence-corrected chi connectivity index (χ0v) is 37.2. The van der Waals surface area contributed by atoms with E-state index in [2.05, 4.69) is 23.0 Å². The molecule has 2 aromatic rings. The van der Waals surface area contributed by atoms with Crippen molar-refractivity contribution in [2.45, 2.75) is 79.1 Å². The van der Waals surface area contributed by atoms with Gasteiger partial charge < -0.3 is 0 Å². The fourth-order valence-corrected chi connectivity index (χ4v) is 19.8. The fraction of sp³-hybridized carbons (Fsp3) is 0.400. The van der Waals surface area contributed by atoms with Crippen LogP contribution in [0.3, 0.4) is 0 Å². The third-order valence-corrected chi connectivity index (χ3v) is 21.9. The third-order valence-electron chi connectivity index (χ3n) is 10.9. The molecule has 54 heavy (non-hydrogen) atoms. The maximum absolute atomic E-state index is 12.6. The monoisotopic (exact) mass is 948 g/mol. The molecule has 0 saturated heterocycles. The minimum absolute atomic E-state index is 0.153. The first-order valence-electron chi connectivity index (χ1n) is 17.9. The van der Waals surface area contributed by atoms with E-state index < -0.39 is 22.1 Å². The first-order chi connectivity index (χ1) is 25.8. The van der Waals surface area contributed by atoms with Crippen LogP contribution in [-0.2, 0) is 51.0 Å². The second-order valence-corrected chi connectivity index (χ2v) is 23.5. The molecule has 6 rings (SSSR count). The van der Waals surface area contributed by atoms with Crippen LogP contribution in [0.1, 0.15) is 86.0 Å². The van der Waals surface area contributed by atoms with Gasteiger partial charge in [0.15, 0.2) is 0 Å². The molecule has 6 heterocycles. The first kappa shape index (κ1) is 39.4. The Balaban J connectivity index is 1.75. The van der Waals surface area contributed by atoms with E-state index in [1.165, 1.54) is 28.4 Å². The number of aliphatic imine (C=N–C) groups is 2. The number of carbonyl (C=O) groups is 4. The number of nitrogens with zero attached hydrogens (tertiary/aromatic N) is 4. The molecule has 0 aromatic carbocycles. The van der Waals surface area contributed by atoms with Gasteiger partial charge >= 0.3 is 328 Å². The van der Waals surface area contributed by atoms with Gasteiger partial charge in [-0.2, -0.15) is 0 Å². The first-order valence-corrected chi connectivity index (χ1v) is 27.5. The van der Waals surface area contributed by atoms with E-state index >= 15 is 0 Å². The Morgan fingerprint density at radius 2 is 1.00 bits per heavy atom. The van der Waals surface area contributed by atoms with Crippen LogP contribution in [0, 0.1) is 13.8 Å². The van der Waals surface area contributed by atoms with Crippen LogP contribution in [0.4, 0.5) is 0 Å². The van der Waals surface area contributed by atoms with Crippen molar-refractivity contribution in [3.63, 3.8) is 0 Å². The van der Waals surface area contributed by atoms with E-state index in [0.717, 1.165) is 89.4 Å². The third kappa shape index (κ3) is 7.26. The van der Waals surface area contributed by atoms with Gasteiger partial charge in [0.2, 0.25) is 0 Å². The van der Waals surface area contributed by atoms with Crippen molar-refractivity contribution in [2.24, 2.45) is 9.98 Å². The molecule has 0 amide bonds. The summed E-state index contributed by atoms with van der Waals surface area (Å²) in [6, 6.07) is 0. The summed E-state index contributed by atoms with van der Waals surface area (Å²) < 4.78 is 24.7. The van der Waals surface area contributed by atoms with Gasteiger partial charge in [0.25, 0.3) is 0 Å². The number of aromatic nitrogens is 2. The summed E-state index contributed by atoms with van der Waals surface area (Å²) in [7, 11) is 13.6. The van der Waals surface area contributed by atoms with Crippen molar-refractivity contribution in [3.05, 3.63) is 78.0 Å². The van der Waals surface area contributed by atoms with Crippen LogP contribution in [0.25, 0.3) is 24.3 Å². The van der Waals surface area contributed by atoms with Crippen molar-refractivity contribution in [3.8, 4) is 0 Å². The van der Waals surface area contributed by atoms with Gasteiger partial charge in [-0.1, -0.05) is 0 Å². The Hall–Kier alpha value is -4.31. The predicted molar refractivity (Wildman–Crippen MR) is 208 cm³/mol. The second kappa shape index (κ2) is 16.2. The van der Waals surface area contributed by atoms with Gasteiger partial charge in [-0.05, 0) is 0 Å². The SMILES string of the molecule is COC(=O)CCC1=C(C)C2=NC1=Cc1c(CCC(=O)OC)c(C)c3[n]1[Tl]([Cl])[n]1c(c(C)c(CCC(=O)OC)c1=CC1=NC(=C3)C(CCC(=O)OC)=C1C)=C2. The number of hydrogen-bond donors (Lipinski definition) is 0. The number of ether oxygens (including phenoxy) is 4. The zero-order valence-electron chi connectivity index (χ0n) is 32.0. The molecule has 4 aliphatic rings. The summed E-state index contributed by atoms with van der Waals surface area (Å²) in [6.45, 7) is 8.12. The topological polar surface area (TPSA) is 140 Å². The van der Waals surface area contributed by atoms with Crippen LogP contribution in [0.15, 0.2) is 43.7 Å². The average molecular weight is 949 g/mol. The van der Waals surface area contributed by atoms with Gasteiger partial charge in [0, 0.05) is 0 Å². The normalized spacial score (nSPS) is 15.5. The summed E-state index contributed by atoms with van der Waals surface area (Å²) in [5.41, 5.74) is 12.2. The number of rotatable bonds is 12. The van der Waals surface area contributed by atoms with Gasteiger partial charge in [-0.15, -0.1) is 0 Å². The second-order valence-electron chi connectivity index (χ2n) is 13.7. The van der Waals surface area contributed by atoms with E-state index in [9.17, 15) is 19.2 Å². The number of methoxy groups -OCH3 is 4. The van der Waals surface area contributed by atoms with Gasteiger partial charge in [-0.3, -0.25) is 0 Å². The molecule has 0 N–H and O–H groups in total. The van der Waals surface area contributed by atoms with Gasteiger partial charge in [0.1, 0.15) is 0 Å². The zero-order chi connectivity index (χ0) is 39.0. The fourth-order valence-electron chi connectivity index (χ4n) is 7.72. The molecule has 14 heteroatoms. The summed E-state index contributed by atoms with van der Waals surface area (Å²) >= 11 is -4.00.